The molecule has 0 aliphatic heterocycles. The van der Waals surface area contributed by atoms with Crippen LogP contribution in [0.3, 0.4) is 0 Å². The highest BCUT2D eigenvalue weighted by molar-refractivity contribution is 7.98. The monoisotopic (exact) mass is 218 g/mol. The van der Waals surface area contributed by atoms with Crippen LogP contribution in [-0.2, 0) is 4.79 Å². The van der Waals surface area contributed by atoms with Crippen molar-refractivity contribution in [2.45, 2.75) is 26.3 Å². The summed E-state index contributed by atoms with van der Waals surface area (Å²) in [5, 5.41) is 5.98. The summed E-state index contributed by atoms with van der Waals surface area (Å²) in [5.74, 6) is 1.93. The molecule has 0 bridgehead atoms. The fourth-order valence-corrected chi connectivity index (χ4v) is 1.89. The van der Waals surface area contributed by atoms with E-state index in [0.29, 0.717) is 12.3 Å². The van der Waals surface area contributed by atoms with Gasteiger partial charge >= 0.3 is 0 Å². The molecule has 0 aliphatic carbocycles. The van der Waals surface area contributed by atoms with E-state index in [9.17, 15) is 4.79 Å². The maximum absolute atomic E-state index is 11.0. The number of rotatable bonds is 7. The molecule has 0 saturated heterocycles. The minimum atomic E-state index is 0.0996. The van der Waals surface area contributed by atoms with Crippen LogP contribution in [0.25, 0.3) is 0 Å². The van der Waals surface area contributed by atoms with Gasteiger partial charge in [-0.05, 0) is 31.4 Å². The van der Waals surface area contributed by atoms with Gasteiger partial charge in [0, 0.05) is 19.5 Å². The van der Waals surface area contributed by atoms with Crippen molar-refractivity contribution < 1.29 is 4.79 Å². The van der Waals surface area contributed by atoms with Crippen LogP contribution in [0.15, 0.2) is 0 Å². The molecule has 0 spiro atoms. The quantitative estimate of drug-likeness (QED) is 0.672. The summed E-state index contributed by atoms with van der Waals surface area (Å²) in [6, 6.07) is 0.263. The predicted octanol–water partition coefficient (Wildman–Crippen LogP) is 1.10. The maximum atomic E-state index is 11.0. The van der Waals surface area contributed by atoms with Gasteiger partial charge in [0.15, 0.2) is 0 Å². The van der Waals surface area contributed by atoms with Crippen molar-refractivity contribution in [2.75, 3.05) is 25.6 Å². The van der Waals surface area contributed by atoms with Gasteiger partial charge in [-0.25, -0.2) is 0 Å². The highest BCUT2D eigenvalue weighted by Gasteiger charge is 2.08. The summed E-state index contributed by atoms with van der Waals surface area (Å²) < 4.78 is 0. The summed E-state index contributed by atoms with van der Waals surface area (Å²) in [4.78, 5) is 11.0. The van der Waals surface area contributed by atoms with Gasteiger partial charge in [-0.15, -0.1) is 0 Å². The zero-order valence-corrected chi connectivity index (χ0v) is 10.4. The summed E-state index contributed by atoms with van der Waals surface area (Å²) >= 11 is 1.86. The van der Waals surface area contributed by atoms with Crippen LogP contribution < -0.4 is 10.6 Å². The molecule has 2 atom stereocenters. The number of thioether (sulfide) groups is 1. The van der Waals surface area contributed by atoms with E-state index in [4.69, 9.17) is 0 Å². The summed E-state index contributed by atoms with van der Waals surface area (Å²) in [7, 11) is 1.67. The molecule has 3 nitrogen and oxygen atoms in total. The SMILES string of the molecule is CNC(=O)CC(C)NCC(C)CSC. The Morgan fingerprint density at radius 1 is 1.43 bits per heavy atom. The third-order valence-electron chi connectivity index (χ3n) is 2.04. The lowest BCUT2D eigenvalue weighted by atomic mass is 10.2. The van der Waals surface area contributed by atoms with Gasteiger partial charge in [-0.1, -0.05) is 6.92 Å². The first-order valence-corrected chi connectivity index (χ1v) is 6.42. The maximum Gasteiger partial charge on any atom is 0.221 e. The van der Waals surface area contributed by atoms with Crippen molar-refractivity contribution >= 4 is 17.7 Å². The van der Waals surface area contributed by atoms with Crippen LogP contribution in [0.2, 0.25) is 0 Å². The second kappa shape index (κ2) is 8.12. The smallest absolute Gasteiger partial charge is 0.221 e. The Bertz CT molecular complexity index is 164. The molecule has 0 rings (SSSR count). The van der Waals surface area contributed by atoms with Crippen molar-refractivity contribution in [1.29, 1.82) is 0 Å². The first kappa shape index (κ1) is 13.8. The Labute approximate surface area is 91.4 Å². The molecule has 2 unspecified atom stereocenters. The molecule has 0 heterocycles. The normalized spacial score (nSPS) is 14.9. The third-order valence-corrected chi connectivity index (χ3v) is 2.94. The molecule has 14 heavy (non-hydrogen) atoms. The Balaban J connectivity index is 3.52. The van der Waals surface area contributed by atoms with Gasteiger partial charge < -0.3 is 10.6 Å². The van der Waals surface area contributed by atoms with Crippen molar-refractivity contribution in [3.8, 4) is 0 Å². The minimum Gasteiger partial charge on any atom is -0.359 e. The van der Waals surface area contributed by atoms with Crippen molar-refractivity contribution in [3.05, 3.63) is 0 Å². The molecule has 0 aromatic carbocycles. The largest absolute Gasteiger partial charge is 0.359 e. The number of carbonyl (C=O) groups excluding carboxylic acids is 1. The molecular weight excluding hydrogens is 196 g/mol. The molecule has 2 N–H and O–H groups in total. The second-order valence-electron chi connectivity index (χ2n) is 3.75. The Kier molecular flexibility index (Phi) is 7.99. The number of carbonyl (C=O) groups is 1. The number of hydrogen-bond acceptors (Lipinski definition) is 3. The first-order valence-electron chi connectivity index (χ1n) is 5.03. The fourth-order valence-electron chi connectivity index (χ4n) is 1.20. The van der Waals surface area contributed by atoms with Crippen LogP contribution in [0.4, 0.5) is 0 Å². The average molecular weight is 218 g/mol. The molecule has 4 heteroatoms. The fraction of sp³-hybridized carbons (Fsp3) is 0.900. The molecule has 0 aliphatic rings. The molecule has 0 saturated carbocycles. The van der Waals surface area contributed by atoms with Crippen molar-refractivity contribution in [3.63, 3.8) is 0 Å². The minimum absolute atomic E-state index is 0.0996. The van der Waals surface area contributed by atoms with E-state index in [-0.39, 0.29) is 11.9 Å². The molecule has 0 fully saturated rings. The Hall–Kier alpha value is -0.220. The predicted molar refractivity (Wildman–Crippen MR) is 63.7 cm³/mol. The van der Waals surface area contributed by atoms with Crippen molar-refractivity contribution in [2.24, 2.45) is 5.92 Å². The van der Waals surface area contributed by atoms with E-state index in [1.165, 1.54) is 5.75 Å². The van der Waals surface area contributed by atoms with E-state index in [2.05, 4.69) is 23.8 Å². The average Bonchev–Trinajstić information content (AvgIpc) is 2.15. The van der Waals surface area contributed by atoms with E-state index >= 15 is 0 Å². The van der Waals surface area contributed by atoms with Crippen LogP contribution >= 0.6 is 11.8 Å². The highest BCUT2D eigenvalue weighted by Crippen LogP contribution is 2.03. The van der Waals surface area contributed by atoms with Crippen LogP contribution in [-0.4, -0.2) is 37.6 Å². The van der Waals surface area contributed by atoms with Crippen LogP contribution in [0.1, 0.15) is 20.3 Å². The molecular formula is C10H22N2OS. The lowest BCUT2D eigenvalue weighted by molar-refractivity contribution is -0.121. The van der Waals surface area contributed by atoms with Gasteiger partial charge in [0.25, 0.3) is 0 Å². The molecule has 1 amide bonds. The Morgan fingerprint density at radius 2 is 2.07 bits per heavy atom. The number of nitrogens with one attached hydrogen (secondary N) is 2. The topological polar surface area (TPSA) is 41.1 Å². The van der Waals surface area contributed by atoms with Gasteiger partial charge in [-0.2, -0.15) is 11.8 Å². The molecule has 84 valence electrons. The molecule has 0 aromatic rings. The second-order valence-corrected chi connectivity index (χ2v) is 4.66. The standard InChI is InChI=1S/C10H22N2OS/c1-8(7-14-4)6-12-9(2)5-10(13)11-3/h8-9,12H,5-7H2,1-4H3,(H,11,13). The van der Waals surface area contributed by atoms with Crippen LogP contribution in [0.5, 0.6) is 0 Å². The number of amides is 1. The van der Waals surface area contributed by atoms with Crippen molar-refractivity contribution in [1.82, 2.24) is 10.6 Å². The summed E-state index contributed by atoms with van der Waals surface area (Å²) in [6.07, 6.45) is 2.67. The molecule has 0 aromatic heterocycles. The highest BCUT2D eigenvalue weighted by atomic mass is 32.2. The lowest BCUT2D eigenvalue weighted by Crippen LogP contribution is -2.35. The summed E-state index contributed by atoms with van der Waals surface area (Å²) in [5.41, 5.74) is 0. The zero-order valence-electron chi connectivity index (χ0n) is 9.59. The number of hydrogen-bond donors (Lipinski definition) is 2. The zero-order chi connectivity index (χ0) is 11.0. The van der Waals surface area contributed by atoms with Gasteiger partial charge in [0.05, 0.1) is 0 Å². The first-order chi connectivity index (χ1) is 6.60. The third kappa shape index (κ3) is 7.21. The lowest BCUT2D eigenvalue weighted by Gasteiger charge is -2.16. The van der Waals surface area contributed by atoms with Gasteiger partial charge in [-0.3, -0.25) is 4.79 Å². The van der Waals surface area contributed by atoms with Gasteiger partial charge in [0.2, 0.25) is 5.91 Å². The van der Waals surface area contributed by atoms with E-state index in [1.54, 1.807) is 7.05 Å². The van der Waals surface area contributed by atoms with Crippen LogP contribution in [0, 0.1) is 5.92 Å². The van der Waals surface area contributed by atoms with E-state index in [0.717, 1.165) is 6.54 Å². The molecule has 0 radical (unpaired) electrons. The summed E-state index contributed by atoms with van der Waals surface area (Å²) in [6.45, 7) is 5.25. The van der Waals surface area contributed by atoms with E-state index < -0.39 is 0 Å². The van der Waals surface area contributed by atoms with E-state index in [1.807, 2.05) is 18.7 Å². The Morgan fingerprint density at radius 3 is 2.57 bits per heavy atom. The van der Waals surface area contributed by atoms with Gasteiger partial charge in [0.1, 0.15) is 0 Å².